The average Bonchev–Trinajstić information content (AvgIpc) is 2.34. The number of hydrogen-bond donors (Lipinski definition) is 1. The summed E-state index contributed by atoms with van der Waals surface area (Å²) in [7, 11) is 1.79. The minimum atomic E-state index is 0.276. The van der Waals surface area contributed by atoms with Crippen molar-refractivity contribution in [3.05, 3.63) is 34.3 Å². The van der Waals surface area contributed by atoms with Gasteiger partial charge in [-0.15, -0.1) is 0 Å². The summed E-state index contributed by atoms with van der Waals surface area (Å²) in [4.78, 5) is 0. The lowest BCUT2D eigenvalue weighted by atomic mass is 9.99. The quantitative estimate of drug-likeness (QED) is 0.833. The van der Waals surface area contributed by atoms with Crippen LogP contribution in [-0.4, -0.2) is 25.8 Å². The second kappa shape index (κ2) is 7.85. The Balaban J connectivity index is 2.68. The van der Waals surface area contributed by atoms with Crippen molar-refractivity contribution in [2.45, 2.75) is 38.8 Å². The first-order chi connectivity index (χ1) is 8.21. The molecule has 0 spiro atoms. The van der Waals surface area contributed by atoms with Crippen LogP contribution in [0.1, 0.15) is 25.8 Å². The number of rotatable bonds is 7. The van der Waals surface area contributed by atoms with Crippen LogP contribution in [0.2, 0.25) is 0 Å². The maximum atomic E-state index is 5.54. The molecular weight excluding hydrogens is 278 g/mol. The van der Waals surface area contributed by atoms with Crippen molar-refractivity contribution in [1.82, 2.24) is 5.32 Å². The summed E-state index contributed by atoms with van der Waals surface area (Å²) in [6.07, 6.45) is 2.32. The average molecular weight is 300 g/mol. The Hall–Kier alpha value is -0.380. The van der Waals surface area contributed by atoms with E-state index in [4.69, 9.17) is 4.74 Å². The van der Waals surface area contributed by atoms with Crippen molar-refractivity contribution < 1.29 is 4.74 Å². The zero-order chi connectivity index (χ0) is 12.7. The van der Waals surface area contributed by atoms with E-state index in [1.54, 1.807) is 7.11 Å². The standard InChI is InChI=1S/C14H22BrNO/c1-4-14(17-3)13(16-5-2)10-11-6-8-12(15)9-7-11/h6-9,13-14,16H,4-5,10H2,1-3H3. The van der Waals surface area contributed by atoms with Crippen LogP contribution in [0.3, 0.4) is 0 Å². The number of methoxy groups -OCH3 is 1. The van der Waals surface area contributed by atoms with Crippen molar-refractivity contribution in [2.24, 2.45) is 0 Å². The van der Waals surface area contributed by atoms with Gasteiger partial charge in [0.15, 0.2) is 0 Å². The Kier molecular flexibility index (Phi) is 6.78. The van der Waals surface area contributed by atoms with E-state index in [1.807, 2.05) is 0 Å². The molecule has 96 valence electrons. The van der Waals surface area contributed by atoms with Crippen molar-refractivity contribution in [2.75, 3.05) is 13.7 Å². The van der Waals surface area contributed by atoms with Gasteiger partial charge in [0, 0.05) is 17.6 Å². The van der Waals surface area contributed by atoms with Gasteiger partial charge in [0.25, 0.3) is 0 Å². The van der Waals surface area contributed by atoms with E-state index in [-0.39, 0.29) is 6.10 Å². The molecule has 0 fully saturated rings. The van der Waals surface area contributed by atoms with Crippen molar-refractivity contribution in [1.29, 1.82) is 0 Å². The molecule has 0 aliphatic carbocycles. The van der Waals surface area contributed by atoms with Gasteiger partial charge in [-0.3, -0.25) is 0 Å². The molecule has 3 heteroatoms. The van der Waals surface area contributed by atoms with E-state index < -0.39 is 0 Å². The van der Waals surface area contributed by atoms with E-state index in [1.165, 1.54) is 5.56 Å². The molecule has 0 aliphatic heterocycles. The molecule has 1 rings (SSSR count). The van der Waals surface area contributed by atoms with Crippen LogP contribution >= 0.6 is 15.9 Å². The highest BCUT2D eigenvalue weighted by molar-refractivity contribution is 9.10. The second-order valence-electron chi connectivity index (χ2n) is 4.18. The number of likely N-dealkylation sites (N-methyl/N-ethyl adjacent to an activating group) is 1. The Morgan fingerprint density at radius 1 is 1.24 bits per heavy atom. The van der Waals surface area contributed by atoms with Gasteiger partial charge in [0.2, 0.25) is 0 Å². The molecule has 0 aliphatic rings. The maximum Gasteiger partial charge on any atom is 0.0724 e. The van der Waals surface area contributed by atoms with E-state index in [0.29, 0.717) is 6.04 Å². The van der Waals surface area contributed by atoms with Crippen molar-refractivity contribution in [3.8, 4) is 0 Å². The molecule has 2 unspecified atom stereocenters. The fourth-order valence-corrected chi connectivity index (χ4v) is 2.35. The molecule has 0 heterocycles. The lowest BCUT2D eigenvalue weighted by Gasteiger charge is -2.26. The largest absolute Gasteiger partial charge is 0.380 e. The van der Waals surface area contributed by atoms with Gasteiger partial charge >= 0.3 is 0 Å². The predicted molar refractivity (Wildman–Crippen MR) is 76.4 cm³/mol. The fraction of sp³-hybridized carbons (Fsp3) is 0.571. The highest BCUT2D eigenvalue weighted by Gasteiger charge is 2.18. The molecule has 0 saturated heterocycles. The molecule has 0 amide bonds. The molecule has 1 aromatic rings. The molecule has 1 N–H and O–H groups in total. The van der Waals surface area contributed by atoms with Gasteiger partial charge in [0.1, 0.15) is 0 Å². The number of benzene rings is 1. The summed E-state index contributed by atoms with van der Waals surface area (Å²) >= 11 is 3.46. The molecule has 0 bridgehead atoms. The van der Waals surface area contributed by atoms with Gasteiger partial charge in [0.05, 0.1) is 6.10 Å². The van der Waals surface area contributed by atoms with Gasteiger partial charge < -0.3 is 10.1 Å². The predicted octanol–water partition coefficient (Wildman–Crippen LogP) is 3.39. The van der Waals surface area contributed by atoms with Gasteiger partial charge in [-0.25, -0.2) is 0 Å². The van der Waals surface area contributed by atoms with Crippen LogP contribution in [0.4, 0.5) is 0 Å². The van der Waals surface area contributed by atoms with Crippen molar-refractivity contribution in [3.63, 3.8) is 0 Å². The maximum absolute atomic E-state index is 5.54. The number of halogens is 1. The van der Waals surface area contributed by atoms with E-state index >= 15 is 0 Å². The molecule has 2 nitrogen and oxygen atoms in total. The zero-order valence-electron chi connectivity index (χ0n) is 10.9. The molecule has 2 atom stereocenters. The minimum Gasteiger partial charge on any atom is -0.380 e. The Bertz CT molecular complexity index is 309. The van der Waals surface area contributed by atoms with Crippen LogP contribution < -0.4 is 5.32 Å². The summed E-state index contributed by atoms with van der Waals surface area (Å²) in [5.74, 6) is 0. The van der Waals surface area contributed by atoms with E-state index in [0.717, 1.165) is 23.9 Å². The molecule has 0 aromatic heterocycles. The first-order valence-corrected chi connectivity index (χ1v) is 7.01. The van der Waals surface area contributed by atoms with Gasteiger partial charge in [-0.2, -0.15) is 0 Å². The molecular formula is C14H22BrNO. The first-order valence-electron chi connectivity index (χ1n) is 6.21. The van der Waals surface area contributed by atoms with Crippen LogP contribution in [0.5, 0.6) is 0 Å². The van der Waals surface area contributed by atoms with Crippen LogP contribution in [0.25, 0.3) is 0 Å². The van der Waals surface area contributed by atoms with Gasteiger partial charge in [-0.1, -0.05) is 41.9 Å². The van der Waals surface area contributed by atoms with E-state index in [9.17, 15) is 0 Å². The summed E-state index contributed by atoms with van der Waals surface area (Å²) < 4.78 is 6.66. The van der Waals surface area contributed by atoms with Crippen molar-refractivity contribution >= 4 is 15.9 Å². The molecule has 17 heavy (non-hydrogen) atoms. The topological polar surface area (TPSA) is 21.3 Å². The molecule has 1 aromatic carbocycles. The highest BCUT2D eigenvalue weighted by atomic mass is 79.9. The third kappa shape index (κ3) is 4.78. The summed E-state index contributed by atoms with van der Waals surface area (Å²) in [5, 5.41) is 3.51. The highest BCUT2D eigenvalue weighted by Crippen LogP contribution is 2.14. The minimum absolute atomic E-state index is 0.276. The smallest absolute Gasteiger partial charge is 0.0724 e. The number of nitrogens with one attached hydrogen (secondary N) is 1. The number of ether oxygens (including phenoxy) is 1. The van der Waals surface area contributed by atoms with Crippen LogP contribution in [0, 0.1) is 0 Å². The van der Waals surface area contributed by atoms with Gasteiger partial charge in [-0.05, 0) is 37.1 Å². The Labute approximate surface area is 113 Å². The SMILES string of the molecule is CCNC(Cc1ccc(Br)cc1)C(CC)OC. The monoisotopic (exact) mass is 299 g/mol. The second-order valence-corrected chi connectivity index (χ2v) is 5.09. The third-order valence-electron chi connectivity index (χ3n) is 2.99. The number of hydrogen-bond acceptors (Lipinski definition) is 2. The first kappa shape index (κ1) is 14.7. The van der Waals surface area contributed by atoms with E-state index in [2.05, 4.69) is 59.4 Å². The summed E-state index contributed by atoms with van der Waals surface area (Å²) in [6, 6.07) is 8.89. The summed E-state index contributed by atoms with van der Waals surface area (Å²) in [5.41, 5.74) is 1.34. The molecule has 0 saturated carbocycles. The Morgan fingerprint density at radius 3 is 2.35 bits per heavy atom. The lowest BCUT2D eigenvalue weighted by molar-refractivity contribution is 0.0658. The molecule has 0 radical (unpaired) electrons. The summed E-state index contributed by atoms with van der Waals surface area (Å²) in [6.45, 7) is 5.28. The fourth-order valence-electron chi connectivity index (χ4n) is 2.09. The normalized spacial score (nSPS) is 14.6. The van der Waals surface area contributed by atoms with Crippen LogP contribution in [0.15, 0.2) is 28.7 Å². The van der Waals surface area contributed by atoms with Crippen LogP contribution in [-0.2, 0) is 11.2 Å². The zero-order valence-corrected chi connectivity index (χ0v) is 12.5. The Morgan fingerprint density at radius 2 is 1.88 bits per heavy atom. The third-order valence-corrected chi connectivity index (χ3v) is 3.52. The lowest BCUT2D eigenvalue weighted by Crippen LogP contribution is -2.42.